The fourth-order valence-corrected chi connectivity index (χ4v) is 13.8. The number of nitrogens with zero attached hydrogens (tertiary/aromatic N) is 8. The van der Waals surface area contributed by atoms with Gasteiger partial charge in [0.05, 0.1) is 86.7 Å². The third-order valence-electron chi connectivity index (χ3n) is 19.5. The Morgan fingerprint density at radius 2 is 1.00 bits per heavy atom. The molecule has 6 fully saturated rings. The van der Waals surface area contributed by atoms with Gasteiger partial charge in [-0.1, -0.05) is 77.4 Å². The summed E-state index contributed by atoms with van der Waals surface area (Å²) in [6.45, 7) is 42.3. The number of pyridine rings is 3. The molecule has 28 nitrogen and oxygen atoms in total. The monoisotopic (exact) mass is 1790 g/mol. The number of alkyl halides is 1. The van der Waals surface area contributed by atoms with Gasteiger partial charge in [0.25, 0.3) is 5.91 Å². The molecule has 31 heteroatoms. The van der Waals surface area contributed by atoms with Gasteiger partial charge in [-0.25, -0.2) is 19.4 Å². The van der Waals surface area contributed by atoms with Crippen molar-refractivity contribution in [1.82, 2.24) is 50.9 Å². The Balaban J connectivity index is 0.000000229. The van der Waals surface area contributed by atoms with Crippen LogP contribution in [0.2, 0.25) is 0 Å². The lowest BCUT2D eigenvalue weighted by Crippen LogP contribution is -2.60. The number of carbonyl (C=O) groups is 4. The van der Waals surface area contributed by atoms with E-state index >= 15 is 0 Å². The van der Waals surface area contributed by atoms with Crippen LogP contribution < -0.4 is 45.9 Å². The minimum absolute atomic E-state index is 0. The van der Waals surface area contributed by atoms with Crippen LogP contribution in [-0.4, -0.2) is 224 Å². The highest BCUT2D eigenvalue weighted by Gasteiger charge is 2.33. The molecular formula is C91H124BrCl2N13O15. The van der Waals surface area contributed by atoms with Crippen LogP contribution in [0.5, 0.6) is 23.0 Å². The highest BCUT2D eigenvalue weighted by Crippen LogP contribution is 2.41. The Hall–Kier alpha value is -9.37. The average molecular weight is 1790 g/mol. The third kappa shape index (κ3) is 30.5. The van der Waals surface area contributed by atoms with E-state index in [-0.39, 0.29) is 84.5 Å². The number of carboxylic acid groups (broad SMARTS) is 1. The van der Waals surface area contributed by atoms with Crippen LogP contribution in [0.4, 0.5) is 9.59 Å². The number of fused-ring (bicyclic) bond motifs is 2. The number of rotatable bonds is 22. The second-order valence-electron chi connectivity index (χ2n) is 34.5. The molecule has 0 unspecified atom stereocenters. The molecule has 11 heterocycles. The Morgan fingerprint density at radius 3 is 1.43 bits per heavy atom. The number of aromatic carboxylic acids is 1. The SMILES string of the molecule is CC(C)(C)OC(=O)NC1CNC1.CC(C)CBr.CC(C)CN1CC(N)C1.CC(C)CN1CC(NC(=O)OC(C)(C)C)C1.COc1cc(C(=O)NC2CN(CC(C)C)C2)ccc1-c1cc2nccc(-c3ccc(OC4CCOCC4)c(C#N)c3)c2o1.COc1cc(C(=O)O)ccc1-c1cc2nccc(-c3ccc(OC4CCOCC4)c(C#N)n3)c2o1.Cl.Cl. The van der Waals surface area contributed by atoms with Crippen LogP contribution in [-0.2, 0) is 18.9 Å². The van der Waals surface area contributed by atoms with Crippen LogP contribution in [0.3, 0.4) is 0 Å². The number of nitrogens with one attached hydrogen (secondary N) is 4. The van der Waals surface area contributed by atoms with Gasteiger partial charge in [0.1, 0.15) is 75.4 Å². The van der Waals surface area contributed by atoms with Crippen LogP contribution in [0.15, 0.2) is 112 Å². The summed E-state index contributed by atoms with van der Waals surface area (Å²) < 4.78 is 56.8. The van der Waals surface area contributed by atoms with Crippen molar-refractivity contribution in [3.05, 3.63) is 126 Å². The van der Waals surface area contributed by atoms with Gasteiger partial charge in [-0.2, -0.15) is 10.5 Å². The second-order valence-corrected chi connectivity index (χ2v) is 35.1. The molecule has 664 valence electrons. The predicted octanol–water partition coefficient (Wildman–Crippen LogP) is 15.9. The van der Waals surface area contributed by atoms with Crippen LogP contribution in [0.1, 0.15) is 155 Å². The highest BCUT2D eigenvalue weighted by atomic mass is 79.9. The molecule has 7 N–H and O–H groups in total. The maximum Gasteiger partial charge on any atom is 0.407 e. The maximum atomic E-state index is 13.0. The van der Waals surface area contributed by atoms with Gasteiger partial charge in [0, 0.05) is 150 Å². The number of amides is 3. The molecule has 0 saturated carbocycles. The number of methoxy groups -OCH3 is 2. The van der Waals surface area contributed by atoms with Crippen molar-refractivity contribution >= 4 is 87.0 Å². The average Bonchev–Trinajstić information content (AvgIpc) is 1.62. The Kier molecular flexibility index (Phi) is 38.8. The first-order valence-electron chi connectivity index (χ1n) is 41.5. The number of halogens is 3. The molecule has 0 radical (unpaired) electrons. The van der Waals surface area contributed by atoms with E-state index in [0.717, 1.165) is 119 Å². The molecule has 6 aliphatic heterocycles. The number of furan rings is 2. The summed E-state index contributed by atoms with van der Waals surface area (Å²) in [5.74, 6) is 4.66. The Bertz CT molecular complexity index is 4770. The van der Waals surface area contributed by atoms with E-state index in [1.165, 1.54) is 25.8 Å². The lowest BCUT2D eigenvalue weighted by atomic mass is 10.0. The van der Waals surface area contributed by atoms with Crippen molar-refractivity contribution in [3.63, 3.8) is 0 Å². The van der Waals surface area contributed by atoms with Crippen molar-refractivity contribution in [2.45, 2.75) is 170 Å². The van der Waals surface area contributed by atoms with Gasteiger partial charge in [-0.15, -0.1) is 24.8 Å². The van der Waals surface area contributed by atoms with E-state index in [0.29, 0.717) is 135 Å². The van der Waals surface area contributed by atoms with Crippen molar-refractivity contribution < 1.29 is 71.0 Å². The van der Waals surface area contributed by atoms with E-state index in [9.17, 15) is 34.8 Å². The number of hydrogen-bond donors (Lipinski definition) is 6. The second kappa shape index (κ2) is 47.5. The summed E-state index contributed by atoms with van der Waals surface area (Å²) in [5, 5.41) is 41.8. The molecule has 8 aromatic rings. The van der Waals surface area contributed by atoms with Crippen molar-refractivity contribution in [1.29, 1.82) is 10.5 Å². The highest BCUT2D eigenvalue weighted by molar-refractivity contribution is 9.09. The van der Waals surface area contributed by atoms with Gasteiger partial charge in [-0.3, -0.25) is 29.5 Å². The van der Waals surface area contributed by atoms with Gasteiger partial charge in [-0.05, 0) is 144 Å². The number of nitriles is 2. The molecule has 0 bridgehead atoms. The first-order chi connectivity index (χ1) is 57.2. The maximum absolute atomic E-state index is 13.0. The molecule has 6 saturated heterocycles. The van der Waals surface area contributed by atoms with Gasteiger partial charge in [0.2, 0.25) is 0 Å². The molecule has 3 amide bonds. The van der Waals surface area contributed by atoms with Gasteiger partial charge >= 0.3 is 18.2 Å². The minimum atomic E-state index is -1.05. The molecule has 6 aliphatic rings. The number of ether oxygens (including phenoxy) is 8. The number of carboxylic acids is 1. The van der Waals surface area contributed by atoms with Crippen LogP contribution >= 0.6 is 40.7 Å². The van der Waals surface area contributed by atoms with Crippen LogP contribution in [0.25, 0.3) is 67.2 Å². The fraction of sp³-hybridized carbons (Fsp3) is 0.527. The molecule has 0 spiro atoms. The molecule has 0 aliphatic carbocycles. The van der Waals surface area contributed by atoms with Gasteiger partial charge < -0.3 is 78.8 Å². The Morgan fingerprint density at radius 1 is 0.557 bits per heavy atom. The molecule has 0 atom stereocenters. The van der Waals surface area contributed by atoms with Crippen molar-refractivity contribution in [2.24, 2.45) is 29.4 Å². The largest absolute Gasteiger partial charge is 0.496 e. The van der Waals surface area contributed by atoms with E-state index in [4.69, 9.17) is 52.5 Å². The molecule has 5 aromatic heterocycles. The van der Waals surface area contributed by atoms with E-state index < -0.39 is 17.2 Å². The first-order valence-corrected chi connectivity index (χ1v) is 42.6. The predicted molar refractivity (Wildman–Crippen MR) is 481 cm³/mol. The number of carbonyl (C=O) groups excluding carboxylic acids is 3. The summed E-state index contributed by atoms with van der Waals surface area (Å²) in [6, 6.07) is 31.9. The summed E-state index contributed by atoms with van der Waals surface area (Å²) >= 11 is 3.31. The smallest absolute Gasteiger partial charge is 0.407 e. The number of alkyl carbamates (subject to hydrolysis) is 2. The normalized spacial score (nSPS) is 16.0. The zero-order valence-corrected chi connectivity index (χ0v) is 76.5. The van der Waals surface area contributed by atoms with E-state index in [1.807, 2.05) is 77.9 Å². The molecule has 14 rings (SSSR count). The quantitative estimate of drug-likeness (QED) is 0.0343. The first kappa shape index (κ1) is 99.7. The topological polar surface area (TPSA) is 359 Å². The van der Waals surface area contributed by atoms with Crippen LogP contribution in [0, 0.1) is 46.3 Å². The number of hydrogen-bond acceptors (Lipinski definition) is 24. The molecule has 3 aromatic carbocycles. The third-order valence-corrected chi connectivity index (χ3v) is 20.8. The Labute approximate surface area is 738 Å². The number of likely N-dealkylation sites (tertiary alicyclic amines) is 3. The summed E-state index contributed by atoms with van der Waals surface area (Å²) in [6.07, 6.45) is 5.91. The fourth-order valence-electron chi connectivity index (χ4n) is 13.8. The number of aromatic nitrogens is 3. The summed E-state index contributed by atoms with van der Waals surface area (Å²) in [5.41, 5.74) is 12.6. The lowest BCUT2D eigenvalue weighted by Gasteiger charge is -2.40. The van der Waals surface area contributed by atoms with E-state index in [1.54, 1.807) is 62.0 Å². The standard InChI is InChI=1S/C34H36N4O5.C26H21N3O6.C12H24N2O2.C8H16N2O2.C7H16N2.C4H9Br.2ClH/c1-21(2)18-38-19-25(20-38)37-34(39)23-4-6-28(31(15-23)40-3)32-16-29-33(43-32)27(8-11-36-29)22-5-7-30(24(14-22)17-35)42-26-9-12-41-13-10-26;1-32-23-12-15(26(30)31)2-3-18(23)24-13-20-25(35-24)17(6-9-28-20)19-4-5-22(21(14-27)29-19)34-16-7-10-33-11-8-16;1-9(2)6-14-7-10(8-14)13-11(15)16-12(3,4)5;1-8(2,3)12-7(11)10-6-4-9-5-6;1-6(2)3-9-4-7(8)5-9;1-4(2)3-5;;/h4-8,11,14-16,21,25-26H,9-10,12-13,18-20H2,1-3H3,(H,37,39);2-6,9,12-13,16H,7-8,10-11H2,1H3,(H,30,31);9-10H,6-8H2,1-5H3,(H,13,15);6,9H,4-5H2,1-3H3,(H,10,11);6-7H,3-5,8H2,1-2H3;4H,3H2,1-2H3;2*1H. The number of benzene rings is 3. The number of nitrogens with two attached hydrogens (primary N) is 1. The summed E-state index contributed by atoms with van der Waals surface area (Å²) in [4.78, 5) is 67.3. The summed E-state index contributed by atoms with van der Waals surface area (Å²) in [7, 11) is 3.05. The van der Waals surface area contributed by atoms with Crippen molar-refractivity contribution in [2.75, 3.05) is 118 Å². The zero-order valence-electron chi connectivity index (χ0n) is 73.2. The molecule has 122 heavy (non-hydrogen) atoms. The zero-order chi connectivity index (χ0) is 87.0. The minimum Gasteiger partial charge on any atom is -0.496 e. The van der Waals surface area contributed by atoms with Gasteiger partial charge in [0.15, 0.2) is 22.6 Å². The lowest BCUT2D eigenvalue weighted by molar-refractivity contribution is 0.0251. The molecular weight excluding hydrogens is 1670 g/mol. The van der Waals surface area contributed by atoms with E-state index in [2.05, 4.69) is 134 Å². The van der Waals surface area contributed by atoms with Crippen molar-refractivity contribution in [3.8, 4) is 80.2 Å².